The molecule has 0 radical (unpaired) electrons. The molecule has 1 aliphatic heterocycles. The Labute approximate surface area is 87.8 Å². The Morgan fingerprint density at radius 3 is 2.73 bits per heavy atom. The maximum absolute atomic E-state index is 10.7. The van der Waals surface area contributed by atoms with E-state index in [9.17, 15) is 9.90 Å². The number of carboxylic acids is 1. The molecule has 80 valence electrons. The standard InChI is InChI=1S/C11H13NO3/c1-12-8-5-3-2-4-7(8)11(15)9(12)6-10(13)14/h2-5,9,11,15H,6H2,1H3,(H,13,14). The summed E-state index contributed by atoms with van der Waals surface area (Å²) in [5, 5.41) is 18.7. The molecule has 0 saturated heterocycles. The van der Waals surface area contributed by atoms with Crippen LogP contribution in [0.2, 0.25) is 0 Å². The minimum atomic E-state index is -0.890. The Morgan fingerprint density at radius 1 is 1.47 bits per heavy atom. The first-order valence-corrected chi connectivity index (χ1v) is 4.83. The summed E-state index contributed by atoms with van der Waals surface area (Å²) in [6.45, 7) is 0. The van der Waals surface area contributed by atoms with Crippen LogP contribution >= 0.6 is 0 Å². The first-order valence-electron chi connectivity index (χ1n) is 4.83. The number of hydrogen-bond acceptors (Lipinski definition) is 3. The zero-order chi connectivity index (χ0) is 11.0. The lowest BCUT2D eigenvalue weighted by Crippen LogP contribution is -2.32. The molecule has 0 aromatic heterocycles. The fourth-order valence-electron chi connectivity index (χ4n) is 2.08. The average Bonchev–Trinajstić information content (AvgIpc) is 2.44. The van der Waals surface area contributed by atoms with Gasteiger partial charge in [-0.2, -0.15) is 0 Å². The number of carboxylic acid groups (broad SMARTS) is 1. The lowest BCUT2D eigenvalue weighted by atomic mass is 10.0. The number of fused-ring (bicyclic) bond motifs is 1. The van der Waals surface area contributed by atoms with E-state index in [-0.39, 0.29) is 12.5 Å². The van der Waals surface area contributed by atoms with Crippen LogP contribution in [0.4, 0.5) is 5.69 Å². The van der Waals surface area contributed by atoms with Crippen LogP contribution in [-0.4, -0.2) is 29.3 Å². The van der Waals surface area contributed by atoms with Gasteiger partial charge < -0.3 is 15.1 Å². The van der Waals surface area contributed by atoms with Crippen LogP contribution in [0.25, 0.3) is 0 Å². The summed E-state index contributed by atoms with van der Waals surface area (Å²) in [6, 6.07) is 7.09. The van der Waals surface area contributed by atoms with Crippen molar-refractivity contribution in [2.45, 2.75) is 18.6 Å². The van der Waals surface area contributed by atoms with E-state index in [1.165, 1.54) is 0 Å². The lowest BCUT2D eigenvalue weighted by Gasteiger charge is -2.22. The number of para-hydroxylation sites is 1. The number of anilines is 1. The highest BCUT2D eigenvalue weighted by atomic mass is 16.4. The van der Waals surface area contributed by atoms with E-state index < -0.39 is 12.1 Å². The largest absolute Gasteiger partial charge is 0.481 e. The lowest BCUT2D eigenvalue weighted by molar-refractivity contribution is -0.138. The second-order valence-corrected chi connectivity index (χ2v) is 3.78. The topological polar surface area (TPSA) is 60.8 Å². The first-order chi connectivity index (χ1) is 7.11. The number of aliphatic carboxylic acids is 1. The van der Waals surface area contributed by atoms with E-state index in [4.69, 9.17) is 5.11 Å². The molecule has 1 aromatic carbocycles. The van der Waals surface area contributed by atoms with Crippen LogP contribution in [0.15, 0.2) is 24.3 Å². The zero-order valence-corrected chi connectivity index (χ0v) is 8.42. The van der Waals surface area contributed by atoms with E-state index in [2.05, 4.69) is 0 Å². The van der Waals surface area contributed by atoms with Gasteiger partial charge >= 0.3 is 5.97 Å². The molecule has 1 aromatic rings. The third-order valence-corrected chi connectivity index (χ3v) is 2.88. The van der Waals surface area contributed by atoms with Crippen molar-refractivity contribution in [2.75, 3.05) is 11.9 Å². The number of nitrogens with zero attached hydrogens (tertiary/aromatic N) is 1. The molecular weight excluding hydrogens is 194 g/mol. The number of aliphatic hydroxyl groups excluding tert-OH is 1. The van der Waals surface area contributed by atoms with Gasteiger partial charge in [-0.25, -0.2) is 0 Å². The van der Waals surface area contributed by atoms with Crippen molar-refractivity contribution in [1.29, 1.82) is 0 Å². The molecule has 2 unspecified atom stereocenters. The Hall–Kier alpha value is -1.55. The molecule has 2 rings (SSSR count). The molecule has 15 heavy (non-hydrogen) atoms. The van der Waals surface area contributed by atoms with Crippen molar-refractivity contribution in [3.05, 3.63) is 29.8 Å². The second kappa shape index (κ2) is 3.55. The van der Waals surface area contributed by atoms with Crippen LogP contribution in [0.3, 0.4) is 0 Å². The Morgan fingerprint density at radius 2 is 2.13 bits per heavy atom. The number of aliphatic hydroxyl groups is 1. The average molecular weight is 207 g/mol. The normalized spacial score (nSPS) is 24.0. The summed E-state index contributed by atoms with van der Waals surface area (Å²) in [5.74, 6) is -0.890. The molecule has 2 atom stereocenters. The molecule has 0 fully saturated rings. The summed E-state index contributed by atoms with van der Waals surface area (Å²) in [5.41, 5.74) is 1.72. The van der Waals surface area contributed by atoms with Gasteiger partial charge in [-0.15, -0.1) is 0 Å². The van der Waals surface area contributed by atoms with E-state index in [0.29, 0.717) is 0 Å². The molecule has 1 aliphatic rings. The molecule has 0 saturated carbocycles. The molecule has 2 N–H and O–H groups in total. The van der Waals surface area contributed by atoms with Crippen molar-refractivity contribution in [3.8, 4) is 0 Å². The maximum atomic E-state index is 10.7. The van der Waals surface area contributed by atoms with Crippen LogP contribution in [0, 0.1) is 0 Å². The molecule has 0 bridgehead atoms. The molecule has 4 heteroatoms. The second-order valence-electron chi connectivity index (χ2n) is 3.78. The van der Waals surface area contributed by atoms with Gasteiger partial charge in [0.2, 0.25) is 0 Å². The minimum absolute atomic E-state index is 0.0493. The maximum Gasteiger partial charge on any atom is 0.305 e. The monoisotopic (exact) mass is 207 g/mol. The summed E-state index contributed by atoms with van der Waals surface area (Å²) in [7, 11) is 1.81. The highest BCUT2D eigenvalue weighted by Crippen LogP contribution is 2.39. The smallest absolute Gasteiger partial charge is 0.305 e. The van der Waals surface area contributed by atoms with Gasteiger partial charge in [-0.3, -0.25) is 4.79 Å². The van der Waals surface area contributed by atoms with Gasteiger partial charge in [0.1, 0.15) is 6.10 Å². The van der Waals surface area contributed by atoms with Crippen LogP contribution in [-0.2, 0) is 4.79 Å². The SMILES string of the molecule is CN1c2ccccc2C(O)C1CC(=O)O. The number of carbonyl (C=O) groups is 1. The first kappa shape index (κ1) is 9.98. The Balaban J connectivity index is 2.32. The van der Waals surface area contributed by atoms with E-state index in [1.54, 1.807) is 0 Å². The van der Waals surface area contributed by atoms with Crippen LogP contribution in [0.5, 0.6) is 0 Å². The predicted octanol–water partition coefficient (Wildman–Crippen LogP) is 1.01. The van der Waals surface area contributed by atoms with E-state index in [0.717, 1.165) is 11.3 Å². The number of rotatable bonds is 2. The molecule has 0 aliphatic carbocycles. The molecule has 0 amide bonds. The minimum Gasteiger partial charge on any atom is -0.481 e. The number of likely N-dealkylation sites (N-methyl/N-ethyl adjacent to an activating group) is 1. The van der Waals surface area contributed by atoms with E-state index >= 15 is 0 Å². The van der Waals surface area contributed by atoms with Crippen molar-refractivity contribution < 1.29 is 15.0 Å². The van der Waals surface area contributed by atoms with Crippen LogP contribution < -0.4 is 4.90 Å². The van der Waals surface area contributed by atoms with Crippen LogP contribution in [0.1, 0.15) is 18.1 Å². The summed E-state index contributed by atoms with van der Waals surface area (Å²) in [6.07, 6.45) is -0.755. The summed E-state index contributed by atoms with van der Waals surface area (Å²) >= 11 is 0. The number of hydrogen-bond donors (Lipinski definition) is 2. The predicted molar refractivity (Wildman–Crippen MR) is 55.8 cm³/mol. The van der Waals surface area contributed by atoms with Gasteiger partial charge in [-0.1, -0.05) is 18.2 Å². The third-order valence-electron chi connectivity index (χ3n) is 2.88. The van der Waals surface area contributed by atoms with Crippen molar-refractivity contribution in [2.24, 2.45) is 0 Å². The van der Waals surface area contributed by atoms with E-state index in [1.807, 2.05) is 36.2 Å². The summed E-state index contributed by atoms with van der Waals surface area (Å²) < 4.78 is 0. The fraction of sp³-hybridized carbons (Fsp3) is 0.364. The zero-order valence-electron chi connectivity index (χ0n) is 8.42. The van der Waals surface area contributed by atoms with Gasteiger partial charge in [0.15, 0.2) is 0 Å². The number of benzene rings is 1. The van der Waals surface area contributed by atoms with Gasteiger partial charge in [0, 0.05) is 18.3 Å². The third kappa shape index (κ3) is 1.57. The van der Waals surface area contributed by atoms with Gasteiger partial charge in [0.05, 0.1) is 12.5 Å². The highest BCUT2D eigenvalue weighted by Gasteiger charge is 2.36. The van der Waals surface area contributed by atoms with Gasteiger partial charge in [-0.05, 0) is 6.07 Å². The summed E-state index contributed by atoms with van der Waals surface area (Å²) in [4.78, 5) is 12.5. The van der Waals surface area contributed by atoms with Crippen molar-refractivity contribution in [3.63, 3.8) is 0 Å². The quantitative estimate of drug-likeness (QED) is 0.760. The van der Waals surface area contributed by atoms with Crippen molar-refractivity contribution >= 4 is 11.7 Å². The highest BCUT2D eigenvalue weighted by molar-refractivity contribution is 5.71. The molecule has 1 heterocycles. The van der Waals surface area contributed by atoms with Crippen molar-refractivity contribution in [1.82, 2.24) is 0 Å². The Bertz CT molecular complexity index is 362. The van der Waals surface area contributed by atoms with Gasteiger partial charge in [0.25, 0.3) is 0 Å². The fourth-order valence-corrected chi connectivity index (χ4v) is 2.08. The Kier molecular flexibility index (Phi) is 2.36. The molecule has 4 nitrogen and oxygen atoms in total. The molecule has 0 spiro atoms. The molecular formula is C11H13NO3.